The van der Waals surface area contributed by atoms with Gasteiger partial charge in [-0.3, -0.25) is 24.0 Å². The lowest BCUT2D eigenvalue weighted by atomic mass is 9.87. The highest BCUT2D eigenvalue weighted by molar-refractivity contribution is 6.84. The van der Waals surface area contributed by atoms with E-state index >= 15 is 0 Å². The second-order valence-corrected chi connectivity index (χ2v) is 38.7. The van der Waals surface area contributed by atoms with Crippen LogP contribution in [-0.2, 0) is 62.5 Å². The third kappa shape index (κ3) is 79.9. The highest BCUT2D eigenvalue weighted by atomic mass is 35.5. The minimum atomic E-state index is -1.27. The van der Waals surface area contributed by atoms with Gasteiger partial charge in [-0.1, -0.05) is 284 Å². The fourth-order valence-electron chi connectivity index (χ4n) is 6.89. The van der Waals surface area contributed by atoms with E-state index in [4.69, 9.17) is 55.7 Å². The number of hydrogen-bond donors (Lipinski definition) is 0. The predicted octanol–water partition coefficient (Wildman–Crippen LogP) is 27.1. The highest BCUT2D eigenvalue weighted by Crippen LogP contribution is 2.38. The third-order valence-electron chi connectivity index (χ3n) is 12.1. The van der Waals surface area contributed by atoms with E-state index in [9.17, 15) is 24.0 Å². The Kier molecular flexibility index (Phi) is 91.4. The zero-order chi connectivity index (χ0) is 72.9. The number of hydrogen-bond acceptors (Lipinski definition) is 14. The van der Waals surface area contributed by atoms with Crippen LogP contribution < -0.4 is 9.47 Å². The Morgan fingerprint density at radius 3 is 1.00 bits per heavy atom. The molecule has 612 valence electrons. The molecule has 0 atom stereocenters. The first-order valence-corrected chi connectivity index (χ1v) is 39.3. The molecule has 2 heterocycles. The number of benzene rings is 3. The molecule has 0 unspecified atom stereocenters. The summed E-state index contributed by atoms with van der Waals surface area (Å²) in [6, 6.07) is 28.4. The van der Waals surface area contributed by atoms with Gasteiger partial charge < -0.3 is 42.0 Å². The molecule has 0 aromatic heterocycles. The number of carbonyl (C=O) groups excluding carboxylic acids is 5. The average molecular weight is 1530 g/mol. The summed E-state index contributed by atoms with van der Waals surface area (Å²) in [7, 11) is 0.737. The molecule has 0 N–H and O–H groups in total. The summed E-state index contributed by atoms with van der Waals surface area (Å²) in [5.41, 5.74) is 5.75. The zero-order valence-electron chi connectivity index (χ0n) is 63.4. The Labute approximate surface area is 646 Å². The summed E-state index contributed by atoms with van der Waals surface area (Å²) in [5, 5.41) is 0. The molecule has 0 radical (unpaired) electrons. The van der Waals surface area contributed by atoms with Crippen LogP contribution in [0.4, 0.5) is 0 Å². The molecule has 1 aliphatic carbocycles. The highest BCUT2D eigenvalue weighted by Gasteiger charge is 2.41. The van der Waals surface area contributed by atoms with E-state index in [1.165, 1.54) is 50.9 Å². The first-order valence-electron chi connectivity index (χ1n) is 32.4. The molecule has 102 heavy (non-hydrogen) atoms. The first-order chi connectivity index (χ1) is 42.1. The SMILES string of the molecule is C.C.C.C.C.C.C.C.C.C.CC.CC(=O)CC(C)=O.CC(=O)OCOC(C)=O.CC(C)(C)C.CC(C)(C)C.CC(C)(C)c1ccccc1.CC(C)=C(Cl)Cl.CC1(C)CC(=O)c2ccccc21.CCC1OCC2(CO1)COC(CC)OC2.CC[Si](C)(C)O[Si](C)(C)CC.COc1ccc(OC)cc1. The van der Waals surface area contributed by atoms with E-state index in [0.717, 1.165) is 35.5 Å². The number of ether oxygens (including phenoxy) is 8. The van der Waals surface area contributed by atoms with Gasteiger partial charge in [0.25, 0.3) is 0 Å². The number of carbonyl (C=O) groups is 5. The van der Waals surface area contributed by atoms with Gasteiger partial charge in [-0.25, -0.2) is 0 Å². The number of Topliss-reactive ketones (excluding diaryl/α,β-unsaturated/α-hetero) is 3. The fraction of sp³-hybridized carbons (Fsp3) is 0.702. The number of esters is 2. The van der Waals surface area contributed by atoms with Gasteiger partial charge in [-0.05, 0) is 141 Å². The molecule has 14 nitrogen and oxygen atoms in total. The van der Waals surface area contributed by atoms with Gasteiger partial charge in [0.1, 0.15) is 27.6 Å². The molecule has 0 saturated carbocycles. The van der Waals surface area contributed by atoms with Crippen LogP contribution in [0.5, 0.6) is 11.5 Å². The monoisotopic (exact) mass is 1530 g/mol. The third-order valence-corrected chi connectivity index (χ3v) is 20.7. The Morgan fingerprint density at radius 2 is 0.794 bits per heavy atom. The van der Waals surface area contributed by atoms with Crippen LogP contribution in [-0.4, -0.2) is 106 Å². The van der Waals surface area contributed by atoms with E-state index < -0.39 is 28.6 Å². The number of halogens is 2. The summed E-state index contributed by atoms with van der Waals surface area (Å²) in [6.07, 6.45) is 2.45. The molecule has 18 heteroatoms. The van der Waals surface area contributed by atoms with Crippen molar-refractivity contribution in [1.29, 1.82) is 0 Å². The minimum Gasteiger partial charge on any atom is -0.497 e. The standard InChI is InChI=1S/C11H20O4.C11H12O.C10H14.C8H10O2.C8H22OSi2.C5H8O4.C5H8O2.2C5H12.C4H6Cl2.C2H6.10CH4/c1-3-9-12-5-11(6-13-9)7-14-10(4-2)15-8-11;1-11(2)7-10(12)8-5-3-4-6-9(8)11;1-10(2,3)9-7-5-4-6-8-9;1-9-7-3-5-8(10-2)6-4-7;1-7-10(3,4)9-11(5,6)8-2;1-4(6)8-3-9-5(2)7;1-4(6)3-5(2)7;2*1-5(2,3)4;1-3(2)4(5)6;1-2;;;;;;;;;;/h9-10H,3-8H2,1-2H3;3-6H,7H2,1-2H3;4-8H,1-3H3;3-6H,1-2H3;7-8H2,1-6H3;3H2,1-2H3;3H2,1-2H3;2*1-4H3;1-2H3;1-2H3;10*1H4. The summed E-state index contributed by atoms with van der Waals surface area (Å²) < 4.78 is 47.5. The molecule has 2 aliphatic heterocycles. The van der Waals surface area contributed by atoms with Crippen LogP contribution in [0.25, 0.3) is 0 Å². The van der Waals surface area contributed by atoms with Gasteiger partial charge >= 0.3 is 11.9 Å². The van der Waals surface area contributed by atoms with Crippen molar-refractivity contribution in [3.05, 3.63) is 106 Å². The number of allylic oxidation sites excluding steroid dienone is 1. The van der Waals surface area contributed by atoms with E-state index in [1.54, 1.807) is 14.2 Å². The van der Waals surface area contributed by atoms with Crippen molar-refractivity contribution in [2.24, 2.45) is 16.2 Å². The van der Waals surface area contributed by atoms with Gasteiger partial charge in [0.05, 0.1) is 52.5 Å². The predicted molar refractivity (Wildman–Crippen MR) is 458 cm³/mol. The van der Waals surface area contributed by atoms with Crippen LogP contribution in [0.3, 0.4) is 0 Å². The van der Waals surface area contributed by atoms with Crippen molar-refractivity contribution in [3.8, 4) is 11.5 Å². The quantitative estimate of drug-likeness (QED) is 0.0727. The topological polar surface area (TPSA) is 168 Å². The maximum absolute atomic E-state index is 11.5. The second-order valence-electron chi connectivity index (χ2n) is 28.5. The van der Waals surface area contributed by atoms with Crippen molar-refractivity contribution in [2.75, 3.05) is 47.4 Å². The van der Waals surface area contributed by atoms with Gasteiger partial charge in [0.2, 0.25) is 6.79 Å². The fourth-order valence-corrected chi connectivity index (χ4v) is 14.0. The number of rotatable bonds is 12. The normalized spacial score (nSPS) is 14.9. The van der Waals surface area contributed by atoms with Crippen LogP contribution in [0.2, 0.25) is 38.3 Å². The van der Waals surface area contributed by atoms with E-state index in [-0.39, 0.29) is 128 Å². The number of methoxy groups -OCH3 is 2. The van der Waals surface area contributed by atoms with Crippen molar-refractivity contribution in [1.82, 2.24) is 0 Å². The Hall–Kier alpha value is -4.24. The zero-order valence-corrected chi connectivity index (χ0v) is 66.9. The maximum atomic E-state index is 11.5. The second kappa shape index (κ2) is 69.8. The Balaban J connectivity index is -0.0000000635. The van der Waals surface area contributed by atoms with Crippen LogP contribution in [0.15, 0.2) is 88.9 Å². The largest absolute Gasteiger partial charge is 0.497 e. The van der Waals surface area contributed by atoms with Gasteiger partial charge in [0.15, 0.2) is 35.0 Å². The first kappa shape index (κ1) is 134. The molecule has 3 aliphatic rings. The van der Waals surface area contributed by atoms with Crippen LogP contribution in [0.1, 0.15) is 295 Å². The van der Waals surface area contributed by atoms with E-state index in [1.807, 2.05) is 70.2 Å². The summed E-state index contributed by atoms with van der Waals surface area (Å²) in [6.45, 7) is 61.7. The lowest BCUT2D eigenvalue weighted by molar-refractivity contribution is -0.302. The van der Waals surface area contributed by atoms with Crippen LogP contribution >= 0.6 is 23.2 Å². The summed E-state index contributed by atoms with van der Waals surface area (Å²) >= 11 is 10.5. The molecule has 3 aromatic carbocycles. The Bertz CT molecular complexity index is 2330. The van der Waals surface area contributed by atoms with Crippen molar-refractivity contribution >= 4 is 69.1 Å². The summed E-state index contributed by atoms with van der Waals surface area (Å²) in [4.78, 5) is 51.6. The molecule has 2 fully saturated rings. The molecule has 0 amide bonds. The van der Waals surface area contributed by atoms with Gasteiger partial charge in [0, 0.05) is 25.8 Å². The minimum absolute atomic E-state index is 0. The number of fused-ring (bicyclic) bond motifs is 1. The van der Waals surface area contributed by atoms with Crippen LogP contribution in [0, 0.1) is 16.2 Å². The smallest absolute Gasteiger partial charge is 0.305 e. The van der Waals surface area contributed by atoms with Gasteiger partial charge in [-0.15, -0.1) is 0 Å². The molecule has 3 aromatic rings. The van der Waals surface area contributed by atoms with Gasteiger partial charge in [-0.2, -0.15) is 0 Å². The molecular weight excluding hydrogens is 1360 g/mol. The lowest BCUT2D eigenvalue weighted by Gasteiger charge is -2.43. The molecule has 0 bridgehead atoms. The molecule has 2 saturated heterocycles. The molecule has 1 spiro atoms. The number of ketones is 3. The molecular formula is C84H170Cl2O14Si2. The average Bonchev–Trinajstić information content (AvgIpc) is 1.61. The lowest BCUT2D eigenvalue weighted by Crippen LogP contribution is -2.52. The maximum Gasteiger partial charge on any atom is 0.305 e. The van der Waals surface area contributed by atoms with Crippen molar-refractivity contribution in [3.63, 3.8) is 0 Å². The van der Waals surface area contributed by atoms with Crippen molar-refractivity contribution < 1.29 is 66.0 Å². The van der Waals surface area contributed by atoms with E-state index in [2.05, 4.69) is 190 Å². The molecule has 6 rings (SSSR count). The Morgan fingerprint density at radius 1 is 0.510 bits per heavy atom. The van der Waals surface area contributed by atoms with E-state index in [0.29, 0.717) is 53.6 Å². The summed E-state index contributed by atoms with van der Waals surface area (Å²) in [5.74, 6) is 0.935. The van der Waals surface area contributed by atoms with Crippen molar-refractivity contribution in [2.45, 2.75) is 335 Å².